The number of nitrogens with one attached hydrogen (secondary N) is 1. The molecule has 8 nitrogen and oxygen atoms in total. The highest BCUT2D eigenvalue weighted by molar-refractivity contribution is 8.18. The standard InChI is InChI=1S/C23H23FN6O2S/c1-2-7-28-8-10-29(11-9-28)18-5-3-15(12-17(18)24)19-14-25-21-6-4-16(27-30(19)21)13-20-22(31)26-23(32)33-20/h3-6,12-14H,2,7-11H2,1H3,(H,26,31,32)/b20-13-. The van der Waals surface area contributed by atoms with Gasteiger partial charge >= 0.3 is 0 Å². The molecule has 1 aromatic carbocycles. The summed E-state index contributed by atoms with van der Waals surface area (Å²) >= 11 is 0.836. The van der Waals surface area contributed by atoms with Crippen LogP contribution in [0.3, 0.4) is 0 Å². The van der Waals surface area contributed by atoms with Gasteiger partial charge < -0.3 is 4.90 Å². The van der Waals surface area contributed by atoms with Gasteiger partial charge in [0.2, 0.25) is 0 Å². The molecule has 2 saturated heterocycles. The first kappa shape index (κ1) is 21.6. The number of anilines is 1. The molecule has 1 N–H and O–H groups in total. The Labute approximate surface area is 194 Å². The molecule has 2 fully saturated rings. The van der Waals surface area contributed by atoms with Gasteiger partial charge in [-0.3, -0.25) is 19.8 Å². The molecule has 3 aromatic rings. The van der Waals surface area contributed by atoms with Crippen LogP contribution in [0.5, 0.6) is 0 Å². The summed E-state index contributed by atoms with van der Waals surface area (Å²) in [5.74, 6) is -0.715. The number of aromatic nitrogens is 3. The Hall–Kier alpha value is -3.24. The monoisotopic (exact) mass is 466 g/mol. The van der Waals surface area contributed by atoms with Crippen molar-refractivity contribution >= 4 is 40.3 Å². The Morgan fingerprint density at radius 2 is 1.97 bits per heavy atom. The zero-order valence-corrected chi connectivity index (χ0v) is 18.9. The van der Waals surface area contributed by atoms with Crippen LogP contribution in [-0.2, 0) is 4.79 Å². The van der Waals surface area contributed by atoms with Crippen LogP contribution >= 0.6 is 11.8 Å². The Bertz CT molecular complexity index is 1270. The van der Waals surface area contributed by atoms with Gasteiger partial charge in [-0.15, -0.1) is 0 Å². The number of carbonyl (C=O) groups is 2. The number of hydrogen-bond acceptors (Lipinski definition) is 7. The van der Waals surface area contributed by atoms with Crippen molar-refractivity contribution < 1.29 is 14.0 Å². The lowest BCUT2D eigenvalue weighted by molar-refractivity contribution is -0.115. The number of nitrogens with zero attached hydrogens (tertiary/aromatic N) is 5. The molecule has 2 aliphatic rings. The van der Waals surface area contributed by atoms with Gasteiger partial charge in [-0.2, -0.15) is 5.10 Å². The average Bonchev–Trinajstić information content (AvgIpc) is 3.36. The van der Waals surface area contributed by atoms with E-state index in [1.807, 2.05) is 12.1 Å². The molecule has 10 heteroatoms. The summed E-state index contributed by atoms with van der Waals surface area (Å²) in [6.07, 6.45) is 4.33. The number of fused-ring (bicyclic) bond motifs is 1. The minimum absolute atomic E-state index is 0.276. The molecule has 33 heavy (non-hydrogen) atoms. The van der Waals surface area contributed by atoms with Crippen molar-refractivity contribution in [3.8, 4) is 11.3 Å². The lowest BCUT2D eigenvalue weighted by atomic mass is 10.1. The average molecular weight is 467 g/mol. The van der Waals surface area contributed by atoms with Crippen LogP contribution in [0.15, 0.2) is 41.4 Å². The van der Waals surface area contributed by atoms with Crippen molar-refractivity contribution in [1.29, 1.82) is 0 Å². The van der Waals surface area contributed by atoms with E-state index in [2.05, 4.69) is 32.1 Å². The van der Waals surface area contributed by atoms with Crippen molar-refractivity contribution in [3.63, 3.8) is 0 Å². The Morgan fingerprint density at radius 1 is 1.15 bits per heavy atom. The van der Waals surface area contributed by atoms with Crippen LogP contribution in [-0.4, -0.2) is 63.4 Å². The number of halogens is 1. The molecule has 5 rings (SSSR count). The first-order valence-corrected chi connectivity index (χ1v) is 11.7. The van der Waals surface area contributed by atoms with Gasteiger partial charge in [0.25, 0.3) is 11.1 Å². The molecule has 0 spiro atoms. The maximum Gasteiger partial charge on any atom is 0.290 e. The van der Waals surface area contributed by atoms with E-state index >= 15 is 4.39 Å². The summed E-state index contributed by atoms with van der Waals surface area (Å²) in [4.78, 5) is 32.4. The van der Waals surface area contributed by atoms with E-state index in [9.17, 15) is 9.59 Å². The first-order chi connectivity index (χ1) is 16.0. The molecule has 2 aromatic heterocycles. The van der Waals surface area contributed by atoms with Crippen LogP contribution in [0.2, 0.25) is 0 Å². The summed E-state index contributed by atoms with van der Waals surface area (Å²) in [6.45, 7) is 6.73. The lowest BCUT2D eigenvalue weighted by Gasteiger charge is -2.36. The quantitative estimate of drug-likeness (QED) is 0.577. The minimum atomic E-state index is -0.439. The molecular formula is C23H23FN6O2S. The number of piperazine rings is 1. The second kappa shape index (κ2) is 8.95. The molecule has 0 aliphatic carbocycles. The number of amides is 2. The van der Waals surface area contributed by atoms with Crippen LogP contribution in [0.25, 0.3) is 23.0 Å². The molecule has 2 amide bonds. The van der Waals surface area contributed by atoms with Crippen molar-refractivity contribution in [3.05, 3.63) is 52.9 Å². The second-order valence-electron chi connectivity index (χ2n) is 8.02. The van der Waals surface area contributed by atoms with Crippen LogP contribution in [0.4, 0.5) is 14.9 Å². The van der Waals surface area contributed by atoms with Crippen LogP contribution < -0.4 is 10.2 Å². The van der Waals surface area contributed by atoms with Crippen molar-refractivity contribution in [2.45, 2.75) is 13.3 Å². The number of imidazole rings is 1. The summed E-state index contributed by atoms with van der Waals surface area (Å²) in [7, 11) is 0. The van der Waals surface area contributed by atoms with Crippen molar-refractivity contribution in [1.82, 2.24) is 24.8 Å². The number of thioether (sulfide) groups is 1. The van der Waals surface area contributed by atoms with E-state index in [4.69, 9.17) is 0 Å². The smallest absolute Gasteiger partial charge is 0.290 e. The van der Waals surface area contributed by atoms with Crippen LogP contribution in [0, 0.1) is 5.82 Å². The van der Waals surface area contributed by atoms with E-state index in [0.717, 1.165) is 50.9 Å². The topological polar surface area (TPSA) is 82.8 Å². The minimum Gasteiger partial charge on any atom is -0.367 e. The summed E-state index contributed by atoms with van der Waals surface area (Å²) in [5, 5.41) is 6.36. The Kier molecular flexibility index (Phi) is 5.86. The van der Waals surface area contributed by atoms with Gasteiger partial charge in [0, 0.05) is 31.7 Å². The van der Waals surface area contributed by atoms with Gasteiger partial charge in [-0.1, -0.05) is 13.0 Å². The van der Waals surface area contributed by atoms with Crippen molar-refractivity contribution in [2.24, 2.45) is 0 Å². The molecule has 0 saturated carbocycles. The Balaban J connectivity index is 1.41. The molecule has 0 atom stereocenters. The van der Waals surface area contributed by atoms with Crippen LogP contribution in [0.1, 0.15) is 19.0 Å². The number of carbonyl (C=O) groups excluding carboxylic acids is 2. The van der Waals surface area contributed by atoms with Gasteiger partial charge in [0.05, 0.1) is 28.2 Å². The van der Waals surface area contributed by atoms with Crippen molar-refractivity contribution in [2.75, 3.05) is 37.6 Å². The SMILES string of the molecule is CCCN1CCN(c2ccc(-c3cnc4ccc(/C=C5\SC(=O)NC5=O)nn34)cc2F)CC1. The Morgan fingerprint density at radius 3 is 2.67 bits per heavy atom. The van der Waals surface area contributed by atoms with E-state index in [1.54, 1.807) is 28.9 Å². The van der Waals surface area contributed by atoms with E-state index in [0.29, 0.717) is 28.3 Å². The lowest BCUT2D eigenvalue weighted by Crippen LogP contribution is -2.46. The maximum atomic E-state index is 15.1. The number of benzene rings is 1. The van der Waals surface area contributed by atoms with Gasteiger partial charge in [0.1, 0.15) is 5.82 Å². The number of imide groups is 1. The highest BCUT2D eigenvalue weighted by atomic mass is 32.2. The third-order valence-corrected chi connectivity index (χ3v) is 6.61. The molecule has 0 radical (unpaired) electrons. The predicted molar refractivity (Wildman–Crippen MR) is 126 cm³/mol. The van der Waals surface area contributed by atoms with E-state index in [1.165, 1.54) is 6.07 Å². The third-order valence-electron chi connectivity index (χ3n) is 5.80. The van der Waals surface area contributed by atoms with Gasteiger partial charge in [0.15, 0.2) is 5.65 Å². The molecule has 0 unspecified atom stereocenters. The fourth-order valence-electron chi connectivity index (χ4n) is 4.17. The zero-order chi connectivity index (χ0) is 22.9. The molecule has 0 bridgehead atoms. The molecule has 2 aliphatic heterocycles. The van der Waals surface area contributed by atoms with E-state index in [-0.39, 0.29) is 10.7 Å². The molecular weight excluding hydrogens is 443 g/mol. The summed E-state index contributed by atoms with van der Waals surface area (Å²) in [5.41, 5.74) is 3.01. The number of rotatable bonds is 5. The fraction of sp³-hybridized carbons (Fsp3) is 0.304. The highest BCUT2D eigenvalue weighted by Gasteiger charge is 2.25. The number of hydrogen-bond donors (Lipinski definition) is 1. The second-order valence-corrected chi connectivity index (χ2v) is 9.03. The highest BCUT2D eigenvalue weighted by Crippen LogP contribution is 2.29. The largest absolute Gasteiger partial charge is 0.367 e. The van der Waals surface area contributed by atoms with Gasteiger partial charge in [-0.25, -0.2) is 13.9 Å². The normalized spacial score (nSPS) is 18.5. The third kappa shape index (κ3) is 4.36. The van der Waals surface area contributed by atoms with Gasteiger partial charge in [-0.05, 0) is 55.1 Å². The first-order valence-electron chi connectivity index (χ1n) is 10.9. The molecule has 170 valence electrons. The summed E-state index contributed by atoms with van der Waals surface area (Å²) in [6, 6.07) is 8.70. The summed E-state index contributed by atoms with van der Waals surface area (Å²) < 4.78 is 16.7. The fourth-order valence-corrected chi connectivity index (χ4v) is 4.83. The van der Waals surface area contributed by atoms with E-state index < -0.39 is 11.1 Å². The molecule has 4 heterocycles. The predicted octanol–water partition coefficient (Wildman–Crippen LogP) is 3.39. The zero-order valence-electron chi connectivity index (χ0n) is 18.1. The maximum absolute atomic E-state index is 15.1.